The maximum absolute atomic E-state index is 13.2. The van der Waals surface area contributed by atoms with Crippen LogP contribution in [0.5, 0.6) is 5.75 Å². The normalized spacial score (nSPS) is 11.3. The summed E-state index contributed by atoms with van der Waals surface area (Å²) in [5.74, 6) is -0.976. The number of alkyl halides is 3. The van der Waals surface area contributed by atoms with Gasteiger partial charge in [0.15, 0.2) is 0 Å². The molecule has 0 radical (unpaired) electrons. The average molecular weight is 396 g/mol. The van der Waals surface area contributed by atoms with E-state index in [9.17, 15) is 22.4 Å². The highest BCUT2D eigenvalue weighted by molar-refractivity contribution is 7.13. The van der Waals surface area contributed by atoms with Gasteiger partial charge in [0.05, 0.1) is 18.4 Å². The van der Waals surface area contributed by atoms with Crippen LogP contribution in [0, 0.1) is 5.82 Å². The second-order valence-corrected chi connectivity index (χ2v) is 6.27. The molecule has 1 aromatic heterocycles. The SMILES string of the molecule is COc1cc(F)ccc1NC(=O)c1csc(-c2cccc(C(F)(F)F)c2)n1. The van der Waals surface area contributed by atoms with Crippen LogP contribution in [0.1, 0.15) is 16.1 Å². The zero-order chi connectivity index (χ0) is 19.6. The van der Waals surface area contributed by atoms with Crippen molar-refractivity contribution in [2.45, 2.75) is 6.18 Å². The van der Waals surface area contributed by atoms with Gasteiger partial charge in [0.1, 0.15) is 22.3 Å². The van der Waals surface area contributed by atoms with E-state index < -0.39 is 23.5 Å². The molecule has 0 fully saturated rings. The second kappa shape index (κ2) is 7.36. The number of halogens is 4. The summed E-state index contributed by atoms with van der Waals surface area (Å²) in [4.78, 5) is 16.4. The molecule has 3 aromatic rings. The fourth-order valence-corrected chi connectivity index (χ4v) is 3.09. The van der Waals surface area contributed by atoms with Crippen molar-refractivity contribution in [2.24, 2.45) is 0 Å². The van der Waals surface area contributed by atoms with E-state index in [0.29, 0.717) is 0 Å². The van der Waals surface area contributed by atoms with E-state index >= 15 is 0 Å². The summed E-state index contributed by atoms with van der Waals surface area (Å²) in [5.41, 5.74) is -0.262. The smallest absolute Gasteiger partial charge is 0.416 e. The number of carbonyl (C=O) groups is 1. The fourth-order valence-electron chi connectivity index (χ4n) is 2.29. The Morgan fingerprint density at radius 1 is 1.19 bits per heavy atom. The van der Waals surface area contributed by atoms with Crippen LogP contribution in [-0.2, 0) is 6.18 Å². The Morgan fingerprint density at radius 3 is 2.67 bits per heavy atom. The molecule has 1 amide bonds. The quantitative estimate of drug-likeness (QED) is 0.615. The summed E-state index contributed by atoms with van der Waals surface area (Å²) >= 11 is 1.04. The summed E-state index contributed by atoms with van der Waals surface area (Å²) in [6.07, 6.45) is -4.47. The zero-order valence-electron chi connectivity index (χ0n) is 13.8. The first-order valence-corrected chi connectivity index (χ1v) is 8.44. The van der Waals surface area contributed by atoms with Crippen molar-refractivity contribution < 1.29 is 27.1 Å². The third kappa shape index (κ3) is 4.25. The molecule has 0 spiro atoms. The van der Waals surface area contributed by atoms with Crippen molar-refractivity contribution in [1.29, 1.82) is 0 Å². The maximum atomic E-state index is 13.2. The molecule has 2 aromatic carbocycles. The van der Waals surface area contributed by atoms with Crippen molar-refractivity contribution in [3.05, 3.63) is 64.9 Å². The van der Waals surface area contributed by atoms with E-state index in [1.807, 2.05) is 0 Å². The van der Waals surface area contributed by atoms with Crippen molar-refractivity contribution in [2.75, 3.05) is 12.4 Å². The number of thiazole rings is 1. The first-order chi connectivity index (χ1) is 12.8. The number of hydrogen-bond donors (Lipinski definition) is 1. The molecule has 0 saturated carbocycles. The lowest BCUT2D eigenvalue weighted by molar-refractivity contribution is -0.137. The van der Waals surface area contributed by atoms with Crippen molar-refractivity contribution in [3.8, 4) is 16.3 Å². The van der Waals surface area contributed by atoms with Crippen LogP contribution in [0.4, 0.5) is 23.2 Å². The molecule has 0 bridgehead atoms. The Bertz CT molecular complexity index is 985. The largest absolute Gasteiger partial charge is 0.494 e. The molecule has 0 atom stereocenters. The van der Waals surface area contributed by atoms with Gasteiger partial charge in [-0.15, -0.1) is 11.3 Å². The monoisotopic (exact) mass is 396 g/mol. The number of nitrogens with zero attached hydrogens (tertiary/aromatic N) is 1. The summed E-state index contributed by atoms with van der Waals surface area (Å²) in [6, 6.07) is 8.32. The lowest BCUT2D eigenvalue weighted by Crippen LogP contribution is -2.13. The summed E-state index contributed by atoms with van der Waals surface area (Å²) in [5, 5.41) is 4.25. The number of methoxy groups -OCH3 is 1. The molecule has 4 nitrogen and oxygen atoms in total. The minimum Gasteiger partial charge on any atom is -0.494 e. The van der Waals surface area contributed by atoms with Gasteiger partial charge in [0.2, 0.25) is 0 Å². The van der Waals surface area contributed by atoms with E-state index in [0.717, 1.165) is 35.6 Å². The lowest BCUT2D eigenvalue weighted by Gasteiger charge is -2.09. The number of benzene rings is 2. The fraction of sp³-hybridized carbons (Fsp3) is 0.111. The molecule has 0 aliphatic rings. The molecule has 0 unspecified atom stereocenters. The number of anilines is 1. The molecule has 140 valence electrons. The first kappa shape index (κ1) is 18.8. The van der Waals surface area contributed by atoms with Gasteiger partial charge in [-0.25, -0.2) is 9.37 Å². The van der Waals surface area contributed by atoms with Gasteiger partial charge in [0, 0.05) is 17.0 Å². The highest BCUT2D eigenvalue weighted by Gasteiger charge is 2.30. The van der Waals surface area contributed by atoms with Gasteiger partial charge >= 0.3 is 6.18 Å². The van der Waals surface area contributed by atoms with Gasteiger partial charge < -0.3 is 10.1 Å². The summed E-state index contributed by atoms with van der Waals surface area (Å²) < 4.78 is 56.7. The van der Waals surface area contributed by atoms with Gasteiger partial charge in [-0.2, -0.15) is 13.2 Å². The number of aromatic nitrogens is 1. The molecule has 1 heterocycles. The zero-order valence-corrected chi connectivity index (χ0v) is 14.6. The second-order valence-electron chi connectivity index (χ2n) is 5.42. The van der Waals surface area contributed by atoms with E-state index in [1.165, 1.54) is 30.7 Å². The van der Waals surface area contributed by atoms with Gasteiger partial charge in [-0.05, 0) is 24.3 Å². The van der Waals surface area contributed by atoms with Crippen LogP contribution in [-0.4, -0.2) is 18.0 Å². The Hall–Kier alpha value is -2.94. The Balaban J connectivity index is 1.83. The Labute approximate surface area is 155 Å². The number of nitrogens with one attached hydrogen (secondary N) is 1. The number of carbonyl (C=O) groups excluding carboxylic acids is 1. The van der Waals surface area contributed by atoms with Crippen LogP contribution in [0.3, 0.4) is 0 Å². The molecule has 9 heteroatoms. The highest BCUT2D eigenvalue weighted by Crippen LogP contribution is 2.33. The van der Waals surface area contributed by atoms with Gasteiger partial charge in [0.25, 0.3) is 5.91 Å². The Kier molecular flexibility index (Phi) is 5.13. The van der Waals surface area contributed by atoms with Crippen LogP contribution < -0.4 is 10.1 Å². The third-order valence-corrected chi connectivity index (χ3v) is 4.48. The molecule has 27 heavy (non-hydrogen) atoms. The van der Waals surface area contributed by atoms with Crippen molar-refractivity contribution in [1.82, 2.24) is 4.98 Å². The first-order valence-electron chi connectivity index (χ1n) is 7.56. The van der Waals surface area contributed by atoms with Crippen LogP contribution in [0.25, 0.3) is 10.6 Å². The van der Waals surface area contributed by atoms with Gasteiger partial charge in [-0.1, -0.05) is 12.1 Å². The molecule has 0 aliphatic carbocycles. The van der Waals surface area contributed by atoms with Crippen molar-refractivity contribution in [3.63, 3.8) is 0 Å². The summed E-state index contributed by atoms with van der Waals surface area (Å²) in [6.45, 7) is 0. The number of rotatable bonds is 4. The van der Waals surface area contributed by atoms with Crippen molar-refractivity contribution >= 4 is 22.9 Å². The predicted octanol–water partition coefficient (Wildman–Crippen LogP) is 5.23. The third-order valence-electron chi connectivity index (χ3n) is 3.59. The van der Waals surface area contributed by atoms with E-state index in [-0.39, 0.29) is 27.7 Å². The van der Waals surface area contributed by atoms with E-state index in [1.54, 1.807) is 0 Å². The highest BCUT2D eigenvalue weighted by atomic mass is 32.1. The molecular weight excluding hydrogens is 384 g/mol. The molecular formula is C18H12F4N2O2S. The Morgan fingerprint density at radius 2 is 1.96 bits per heavy atom. The molecule has 1 N–H and O–H groups in total. The van der Waals surface area contributed by atoms with Gasteiger partial charge in [-0.3, -0.25) is 4.79 Å². The summed E-state index contributed by atoms with van der Waals surface area (Å²) in [7, 11) is 1.33. The topological polar surface area (TPSA) is 51.2 Å². The number of amides is 1. The minimum atomic E-state index is -4.47. The van der Waals surface area contributed by atoms with Crippen LogP contribution >= 0.6 is 11.3 Å². The van der Waals surface area contributed by atoms with Crippen LogP contribution in [0.2, 0.25) is 0 Å². The molecule has 0 saturated heterocycles. The minimum absolute atomic E-state index is 0.0267. The van der Waals surface area contributed by atoms with E-state index in [2.05, 4.69) is 10.3 Å². The average Bonchev–Trinajstić information content (AvgIpc) is 3.13. The lowest BCUT2D eigenvalue weighted by atomic mass is 10.1. The molecule has 0 aliphatic heterocycles. The predicted molar refractivity (Wildman–Crippen MR) is 93.5 cm³/mol. The molecule has 3 rings (SSSR count). The number of hydrogen-bond acceptors (Lipinski definition) is 4. The van der Waals surface area contributed by atoms with E-state index in [4.69, 9.17) is 4.74 Å². The number of ether oxygens (including phenoxy) is 1. The standard InChI is InChI=1S/C18H12F4N2O2S/c1-26-15-8-12(19)5-6-13(15)23-16(25)14-9-27-17(24-14)10-3-2-4-11(7-10)18(20,21)22/h2-9H,1H3,(H,23,25). The van der Waals surface area contributed by atoms with Crippen LogP contribution in [0.15, 0.2) is 47.8 Å². The maximum Gasteiger partial charge on any atom is 0.416 e.